The highest BCUT2D eigenvalue weighted by atomic mass is 16.2. The van der Waals surface area contributed by atoms with E-state index in [-0.39, 0.29) is 0 Å². The third kappa shape index (κ3) is 3.34. The van der Waals surface area contributed by atoms with Crippen LogP contribution >= 0.6 is 0 Å². The Labute approximate surface area is 138 Å². The molecule has 1 aromatic heterocycles. The van der Waals surface area contributed by atoms with Gasteiger partial charge in [0.2, 0.25) is 5.91 Å². The fraction of sp³-hybridized carbons (Fsp3) is 0.667. The maximum atomic E-state index is 12.6. The van der Waals surface area contributed by atoms with Crippen LogP contribution in [0.1, 0.15) is 32.1 Å². The molecule has 5 nitrogen and oxygen atoms in total. The van der Waals surface area contributed by atoms with E-state index in [1.54, 1.807) is 0 Å². The fourth-order valence-corrected chi connectivity index (χ4v) is 4.44. The quantitative estimate of drug-likeness (QED) is 0.922. The van der Waals surface area contributed by atoms with Gasteiger partial charge in [-0.1, -0.05) is 6.07 Å². The molecule has 0 radical (unpaired) electrons. The molecule has 2 unspecified atom stereocenters. The largest absolute Gasteiger partial charge is 0.353 e. The molecule has 0 saturated carbocycles. The Morgan fingerprint density at radius 2 is 1.87 bits per heavy atom. The SMILES string of the molecule is O=C(CC1CC2CCC(C1)N2)N1CCN(c2ccccn2)CC1. The zero-order valence-corrected chi connectivity index (χ0v) is 13.7. The number of amides is 1. The minimum atomic E-state index is 0.358. The molecule has 3 saturated heterocycles. The van der Waals surface area contributed by atoms with Gasteiger partial charge >= 0.3 is 0 Å². The smallest absolute Gasteiger partial charge is 0.222 e. The van der Waals surface area contributed by atoms with E-state index in [0.29, 0.717) is 23.9 Å². The number of piperidine rings is 1. The predicted molar refractivity (Wildman–Crippen MR) is 90.3 cm³/mol. The van der Waals surface area contributed by atoms with Gasteiger partial charge in [0.15, 0.2) is 0 Å². The molecule has 3 fully saturated rings. The predicted octanol–water partition coefficient (Wildman–Crippen LogP) is 1.65. The molecule has 2 bridgehead atoms. The number of hydrogen-bond acceptors (Lipinski definition) is 4. The second kappa shape index (κ2) is 6.48. The number of nitrogens with one attached hydrogen (secondary N) is 1. The summed E-state index contributed by atoms with van der Waals surface area (Å²) >= 11 is 0. The van der Waals surface area contributed by atoms with Crippen molar-refractivity contribution < 1.29 is 4.79 Å². The van der Waals surface area contributed by atoms with Crippen molar-refractivity contribution >= 4 is 11.7 Å². The molecular formula is C18H26N4O. The van der Waals surface area contributed by atoms with Crippen LogP contribution in [-0.2, 0) is 4.79 Å². The van der Waals surface area contributed by atoms with Crippen LogP contribution in [0.4, 0.5) is 5.82 Å². The lowest BCUT2D eigenvalue weighted by atomic mass is 9.89. The van der Waals surface area contributed by atoms with E-state index in [9.17, 15) is 4.79 Å². The first kappa shape index (κ1) is 14.9. The lowest BCUT2D eigenvalue weighted by molar-refractivity contribution is -0.132. The van der Waals surface area contributed by atoms with Crippen molar-refractivity contribution in [3.05, 3.63) is 24.4 Å². The molecule has 23 heavy (non-hydrogen) atoms. The zero-order valence-electron chi connectivity index (χ0n) is 13.7. The van der Waals surface area contributed by atoms with Crippen molar-refractivity contribution in [2.24, 2.45) is 5.92 Å². The first-order valence-corrected chi connectivity index (χ1v) is 8.98. The summed E-state index contributed by atoms with van der Waals surface area (Å²) in [6, 6.07) is 7.35. The maximum absolute atomic E-state index is 12.6. The van der Waals surface area contributed by atoms with Crippen LogP contribution in [0, 0.1) is 5.92 Å². The molecule has 2 atom stereocenters. The summed E-state index contributed by atoms with van der Waals surface area (Å²) < 4.78 is 0. The van der Waals surface area contributed by atoms with E-state index >= 15 is 0 Å². The van der Waals surface area contributed by atoms with Crippen molar-refractivity contribution in [2.45, 2.75) is 44.2 Å². The number of carbonyl (C=O) groups excluding carboxylic acids is 1. The van der Waals surface area contributed by atoms with Crippen molar-refractivity contribution in [2.75, 3.05) is 31.1 Å². The number of carbonyl (C=O) groups is 1. The van der Waals surface area contributed by atoms with E-state index < -0.39 is 0 Å². The molecule has 3 aliphatic heterocycles. The summed E-state index contributed by atoms with van der Waals surface area (Å²) in [5.41, 5.74) is 0. The number of rotatable bonds is 3. The number of aromatic nitrogens is 1. The summed E-state index contributed by atoms with van der Waals surface area (Å²) in [4.78, 5) is 21.4. The standard InChI is InChI=1S/C18H26N4O/c23-18(13-14-11-15-4-5-16(12-14)20-15)22-9-7-21(8-10-22)17-3-1-2-6-19-17/h1-3,6,14-16,20H,4-5,7-13H2. The van der Waals surface area contributed by atoms with E-state index in [0.717, 1.165) is 38.4 Å². The Morgan fingerprint density at radius 3 is 2.52 bits per heavy atom. The Morgan fingerprint density at radius 1 is 1.13 bits per heavy atom. The number of nitrogens with zero attached hydrogens (tertiary/aromatic N) is 3. The van der Waals surface area contributed by atoms with Gasteiger partial charge in [-0.15, -0.1) is 0 Å². The molecule has 5 heteroatoms. The highest BCUT2D eigenvalue weighted by Gasteiger charge is 2.35. The van der Waals surface area contributed by atoms with Gasteiger partial charge in [0.25, 0.3) is 0 Å². The van der Waals surface area contributed by atoms with Crippen LogP contribution in [0.15, 0.2) is 24.4 Å². The summed E-state index contributed by atoms with van der Waals surface area (Å²) in [7, 11) is 0. The van der Waals surface area contributed by atoms with Gasteiger partial charge < -0.3 is 15.1 Å². The average molecular weight is 314 g/mol. The molecule has 124 valence electrons. The highest BCUT2D eigenvalue weighted by Crippen LogP contribution is 2.33. The number of hydrogen-bond donors (Lipinski definition) is 1. The summed E-state index contributed by atoms with van der Waals surface area (Å²) in [6.45, 7) is 3.43. The number of anilines is 1. The van der Waals surface area contributed by atoms with Crippen LogP contribution in [0.25, 0.3) is 0 Å². The van der Waals surface area contributed by atoms with Gasteiger partial charge in [-0.05, 0) is 43.7 Å². The normalized spacial score (nSPS) is 30.5. The Hall–Kier alpha value is -1.62. The highest BCUT2D eigenvalue weighted by molar-refractivity contribution is 5.76. The van der Waals surface area contributed by atoms with Gasteiger partial charge in [0.1, 0.15) is 5.82 Å². The molecule has 0 aromatic carbocycles. The third-order valence-electron chi connectivity index (χ3n) is 5.64. The maximum Gasteiger partial charge on any atom is 0.222 e. The molecule has 1 N–H and O–H groups in total. The van der Waals surface area contributed by atoms with E-state index in [4.69, 9.17) is 0 Å². The summed E-state index contributed by atoms with van der Waals surface area (Å²) in [5, 5.41) is 3.66. The lowest BCUT2D eigenvalue weighted by Crippen LogP contribution is -2.49. The number of fused-ring (bicyclic) bond motifs is 2. The number of piperazine rings is 1. The van der Waals surface area contributed by atoms with Crippen LogP contribution in [-0.4, -0.2) is 54.1 Å². The van der Waals surface area contributed by atoms with Crippen molar-refractivity contribution in [1.29, 1.82) is 0 Å². The van der Waals surface area contributed by atoms with Gasteiger partial charge in [-0.2, -0.15) is 0 Å². The topological polar surface area (TPSA) is 48.5 Å². The molecule has 4 rings (SSSR count). The van der Waals surface area contributed by atoms with Crippen LogP contribution in [0.3, 0.4) is 0 Å². The first-order chi connectivity index (χ1) is 11.3. The second-order valence-electron chi connectivity index (χ2n) is 7.24. The van der Waals surface area contributed by atoms with E-state index in [1.807, 2.05) is 24.4 Å². The zero-order chi connectivity index (χ0) is 15.6. The molecular weight excluding hydrogens is 288 g/mol. The van der Waals surface area contributed by atoms with Crippen molar-refractivity contribution in [1.82, 2.24) is 15.2 Å². The molecule has 1 aromatic rings. The summed E-state index contributed by atoms with van der Waals surface area (Å²) in [6.07, 6.45) is 7.57. The minimum absolute atomic E-state index is 0.358. The third-order valence-corrected chi connectivity index (χ3v) is 5.64. The van der Waals surface area contributed by atoms with Gasteiger partial charge in [0, 0.05) is 50.9 Å². The van der Waals surface area contributed by atoms with Gasteiger partial charge in [0.05, 0.1) is 0 Å². The lowest BCUT2D eigenvalue weighted by Gasteiger charge is -2.37. The molecule has 1 amide bonds. The second-order valence-corrected chi connectivity index (χ2v) is 7.24. The van der Waals surface area contributed by atoms with Gasteiger partial charge in [-0.25, -0.2) is 4.98 Å². The molecule has 0 aliphatic carbocycles. The van der Waals surface area contributed by atoms with E-state index in [1.165, 1.54) is 25.7 Å². The molecule has 4 heterocycles. The molecule has 0 spiro atoms. The fourth-order valence-electron chi connectivity index (χ4n) is 4.44. The van der Waals surface area contributed by atoms with Gasteiger partial charge in [-0.3, -0.25) is 4.79 Å². The molecule has 3 aliphatic rings. The van der Waals surface area contributed by atoms with Crippen molar-refractivity contribution in [3.8, 4) is 0 Å². The van der Waals surface area contributed by atoms with E-state index in [2.05, 4.69) is 20.1 Å². The van der Waals surface area contributed by atoms with Crippen LogP contribution < -0.4 is 10.2 Å². The van der Waals surface area contributed by atoms with Crippen LogP contribution in [0.5, 0.6) is 0 Å². The summed E-state index contributed by atoms with van der Waals surface area (Å²) in [5.74, 6) is 1.97. The van der Waals surface area contributed by atoms with Crippen molar-refractivity contribution in [3.63, 3.8) is 0 Å². The minimum Gasteiger partial charge on any atom is -0.353 e. The Kier molecular flexibility index (Phi) is 4.21. The Balaban J connectivity index is 1.27. The average Bonchev–Trinajstić information content (AvgIpc) is 2.94. The monoisotopic (exact) mass is 314 g/mol. The Bertz CT molecular complexity index is 529. The number of pyridine rings is 1. The first-order valence-electron chi connectivity index (χ1n) is 8.98. The van der Waals surface area contributed by atoms with Crippen LogP contribution in [0.2, 0.25) is 0 Å².